The molecule has 2 N–H and O–H groups in total. The number of aromatic amines is 1. The molecule has 174 valence electrons. The van der Waals surface area contributed by atoms with Gasteiger partial charge in [-0.3, -0.25) is 9.59 Å². The van der Waals surface area contributed by atoms with E-state index in [9.17, 15) is 14.4 Å². The molecule has 8 nitrogen and oxygen atoms in total. The average Bonchev–Trinajstić information content (AvgIpc) is 3.35. The highest BCUT2D eigenvalue weighted by Crippen LogP contribution is 2.36. The van der Waals surface area contributed by atoms with Crippen molar-refractivity contribution in [2.45, 2.75) is 19.0 Å². The Morgan fingerprint density at radius 2 is 1.97 bits per heavy atom. The molecule has 1 aromatic carbocycles. The minimum Gasteiger partial charge on any atom is -0.457 e. The lowest BCUT2D eigenvalue weighted by atomic mass is 10.0. The highest BCUT2D eigenvalue weighted by Gasteiger charge is 2.19. The van der Waals surface area contributed by atoms with Crippen molar-refractivity contribution in [1.29, 1.82) is 0 Å². The number of amides is 1. The number of nitrogens with zero attached hydrogens (tertiary/aromatic N) is 2. The second-order valence-corrected chi connectivity index (χ2v) is 10.3. The Balaban J connectivity index is 1.46. The predicted octanol–water partition coefficient (Wildman–Crippen LogP) is 4.80. The molecule has 0 saturated heterocycles. The Labute approximate surface area is 207 Å². The van der Waals surface area contributed by atoms with E-state index >= 15 is 0 Å². The van der Waals surface area contributed by atoms with Crippen molar-refractivity contribution in [2.24, 2.45) is 0 Å². The van der Waals surface area contributed by atoms with Crippen LogP contribution in [0, 0.1) is 13.8 Å². The van der Waals surface area contributed by atoms with E-state index in [1.54, 1.807) is 6.92 Å². The molecular formula is C23H20N4O4S3. The van der Waals surface area contributed by atoms with Crippen LogP contribution in [0.4, 0.5) is 5.13 Å². The Kier molecular flexibility index (Phi) is 7.25. The lowest BCUT2D eigenvalue weighted by molar-refractivity contribution is -0.113. The number of nitrogens with one attached hydrogen (secondary N) is 2. The van der Waals surface area contributed by atoms with Crippen LogP contribution in [-0.2, 0) is 9.53 Å². The number of benzene rings is 1. The monoisotopic (exact) mass is 512 g/mol. The third-order valence-electron chi connectivity index (χ3n) is 4.68. The highest BCUT2D eigenvalue weighted by molar-refractivity contribution is 7.99. The van der Waals surface area contributed by atoms with Crippen molar-refractivity contribution in [3.05, 3.63) is 68.8 Å². The SMILES string of the molecule is C=CCOC(=O)c1sc(NC(=O)CSc2nc3sc(C)c(-c4ccccc4)c3c(=O)[nH]2)nc1C. The normalized spacial score (nSPS) is 10.9. The number of thioether (sulfide) groups is 1. The van der Waals surface area contributed by atoms with E-state index in [0.29, 0.717) is 31.1 Å². The summed E-state index contributed by atoms with van der Waals surface area (Å²) in [4.78, 5) is 50.8. The summed E-state index contributed by atoms with van der Waals surface area (Å²) in [6.07, 6.45) is 1.48. The van der Waals surface area contributed by atoms with Crippen LogP contribution in [0.1, 0.15) is 20.2 Å². The number of ether oxygens (including phenoxy) is 1. The van der Waals surface area contributed by atoms with E-state index in [4.69, 9.17) is 4.74 Å². The number of H-pyrrole nitrogens is 1. The number of anilines is 1. The van der Waals surface area contributed by atoms with Gasteiger partial charge in [0.1, 0.15) is 16.3 Å². The van der Waals surface area contributed by atoms with E-state index < -0.39 is 5.97 Å². The maximum atomic E-state index is 12.9. The van der Waals surface area contributed by atoms with Gasteiger partial charge in [-0.2, -0.15) is 0 Å². The standard InChI is InChI=1S/C23H20N4O4S3/c1-4-10-31-21(30)18-12(2)24-23(34-18)25-15(28)11-32-22-26-19(29)17-16(13(3)33-20(17)27-22)14-8-6-5-7-9-14/h4-9H,1,10-11H2,2-3H3,(H,24,25,28)(H,26,27,29). The lowest BCUT2D eigenvalue weighted by Gasteiger charge is -2.03. The van der Waals surface area contributed by atoms with Crippen molar-refractivity contribution in [3.8, 4) is 11.1 Å². The minimum atomic E-state index is -0.513. The van der Waals surface area contributed by atoms with Crippen molar-refractivity contribution in [2.75, 3.05) is 17.7 Å². The van der Waals surface area contributed by atoms with Gasteiger partial charge in [-0.15, -0.1) is 11.3 Å². The Hall–Kier alpha value is -3.28. The molecule has 0 aliphatic heterocycles. The number of esters is 1. The van der Waals surface area contributed by atoms with Crippen molar-refractivity contribution >= 4 is 61.7 Å². The summed E-state index contributed by atoms with van der Waals surface area (Å²) >= 11 is 3.61. The van der Waals surface area contributed by atoms with Crippen LogP contribution < -0.4 is 10.9 Å². The number of aryl methyl sites for hydroxylation is 2. The second-order valence-electron chi connectivity index (χ2n) is 7.11. The van der Waals surface area contributed by atoms with Crippen molar-refractivity contribution in [3.63, 3.8) is 0 Å². The maximum absolute atomic E-state index is 12.9. The zero-order valence-electron chi connectivity index (χ0n) is 18.3. The molecule has 11 heteroatoms. The zero-order chi connectivity index (χ0) is 24.2. The molecule has 0 atom stereocenters. The largest absolute Gasteiger partial charge is 0.457 e. The van der Waals surface area contributed by atoms with Gasteiger partial charge in [0.25, 0.3) is 5.56 Å². The summed E-state index contributed by atoms with van der Waals surface area (Å²) in [7, 11) is 0. The number of thiophene rings is 1. The summed E-state index contributed by atoms with van der Waals surface area (Å²) < 4.78 is 5.02. The topological polar surface area (TPSA) is 114 Å². The Bertz CT molecular complexity index is 1440. The van der Waals surface area contributed by atoms with Gasteiger partial charge in [0.2, 0.25) is 5.91 Å². The van der Waals surface area contributed by atoms with Gasteiger partial charge >= 0.3 is 5.97 Å². The molecule has 4 aromatic rings. The van der Waals surface area contributed by atoms with E-state index in [1.165, 1.54) is 17.4 Å². The third kappa shape index (κ3) is 5.11. The van der Waals surface area contributed by atoms with Crippen LogP contribution in [0.25, 0.3) is 21.3 Å². The fourth-order valence-corrected chi connectivity index (χ4v) is 5.89. The fourth-order valence-electron chi connectivity index (χ4n) is 3.25. The molecule has 4 rings (SSSR count). The van der Waals surface area contributed by atoms with Crippen LogP contribution in [-0.4, -0.2) is 39.2 Å². The zero-order valence-corrected chi connectivity index (χ0v) is 20.8. The summed E-state index contributed by atoms with van der Waals surface area (Å²) in [6.45, 7) is 7.24. The predicted molar refractivity (Wildman–Crippen MR) is 137 cm³/mol. The van der Waals surface area contributed by atoms with Crippen LogP contribution in [0.2, 0.25) is 0 Å². The van der Waals surface area contributed by atoms with Gasteiger partial charge in [0.05, 0.1) is 16.8 Å². The van der Waals surface area contributed by atoms with Gasteiger partial charge in [-0.25, -0.2) is 14.8 Å². The molecule has 0 spiro atoms. The van der Waals surface area contributed by atoms with Crippen molar-refractivity contribution in [1.82, 2.24) is 15.0 Å². The number of aromatic nitrogens is 3. The van der Waals surface area contributed by atoms with Gasteiger partial charge in [-0.1, -0.05) is 66.1 Å². The number of carbonyl (C=O) groups excluding carboxylic acids is 2. The average molecular weight is 513 g/mol. The summed E-state index contributed by atoms with van der Waals surface area (Å²) in [5, 5.41) is 3.88. The molecule has 3 aromatic heterocycles. The third-order valence-corrected chi connectivity index (χ3v) is 7.60. The molecular weight excluding hydrogens is 492 g/mol. The molecule has 0 saturated carbocycles. The molecule has 0 aliphatic carbocycles. The van der Waals surface area contributed by atoms with E-state index in [0.717, 1.165) is 39.1 Å². The number of rotatable bonds is 8. The van der Waals surface area contributed by atoms with Crippen LogP contribution in [0.5, 0.6) is 0 Å². The molecule has 0 unspecified atom stereocenters. The molecule has 3 heterocycles. The highest BCUT2D eigenvalue weighted by atomic mass is 32.2. The molecule has 1 amide bonds. The van der Waals surface area contributed by atoms with Crippen LogP contribution in [0.3, 0.4) is 0 Å². The number of carbonyl (C=O) groups is 2. The summed E-state index contributed by atoms with van der Waals surface area (Å²) in [6, 6.07) is 9.72. The number of hydrogen-bond donors (Lipinski definition) is 2. The minimum absolute atomic E-state index is 0.0131. The first kappa shape index (κ1) is 23.9. The van der Waals surface area contributed by atoms with Crippen LogP contribution in [0.15, 0.2) is 52.9 Å². The quantitative estimate of drug-likeness (QED) is 0.151. The van der Waals surface area contributed by atoms with Gasteiger partial charge in [0, 0.05) is 10.4 Å². The van der Waals surface area contributed by atoms with E-state index in [-0.39, 0.29) is 23.8 Å². The first-order chi connectivity index (χ1) is 16.4. The first-order valence-electron chi connectivity index (χ1n) is 10.1. The molecule has 0 aliphatic rings. The Morgan fingerprint density at radius 3 is 2.71 bits per heavy atom. The lowest BCUT2D eigenvalue weighted by Crippen LogP contribution is -2.15. The van der Waals surface area contributed by atoms with Gasteiger partial charge in [-0.05, 0) is 19.4 Å². The molecule has 34 heavy (non-hydrogen) atoms. The number of hydrogen-bond acceptors (Lipinski definition) is 9. The summed E-state index contributed by atoms with van der Waals surface area (Å²) in [5.41, 5.74) is 2.07. The van der Waals surface area contributed by atoms with E-state index in [1.807, 2.05) is 37.3 Å². The van der Waals surface area contributed by atoms with Gasteiger partial charge < -0.3 is 15.0 Å². The fraction of sp³-hybridized carbons (Fsp3) is 0.174. The summed E-state index contributed by atoms with van der Waals surface area (Å²) in [5.74, 6) is -0.833. The first-order valence-corrected chi connectivity index (χ1v) is 12.8. The Morgan fingerprint density at radius 1 is 1.21 bits per heavy atom. The van der Waals surface area contributed by atoms with E-state index in [2.05, 4.69) is 26.8 Å². The number of thiazole rings is 1. The molecule has 0 radical (unpaired) electrons. The maximum Gasteiger partial charge on any atom is 0.350 e. The molecule has 0 bridgehead atoms. The van der Waals surface area contributed by atoms with Crippen molar-refractivity contribution < 1.29 is 14.3 Å². The number of fused-ring (bicyclic) bond motifs is 1. The van der Waals surface area contributed by atoms with Gasteiger partial charge in [0.15, 0.2) is 10.3 Å². The smallest absolute Gasteiger partial charge is 0.350 e. The second kappa shape index (κ2) is 10.3. The van der Waals surface area contributed by atoms with Crippen LogP contribution >= 0.6 is 34.4 Å². The molecule has 0 fully saturated rings.